The van der Waals surface area contributed by atoms with E-state index in [2.05, 4.69) is 24.0 Å². The smallest absolute Gasteiger partial charge is 0.260 e. The Morgan fingerprint density at radius 3 is 2.56 bits per heavy atom. The van der Waals surface area contributed by atoms with Crippen LogP contribution >= 0.6 is 0 Å². The lowest BCUT2D eigenvalue weighted by atomic mass is 9.77. The number of nitrogens with zero attached hydrogens (tertiary/aromatic N) is 2. The molecule has 1 atom stereocenters. The Hall–Kier alpha value is -1.59. The van der Waals surface area contributed by atoms with Gasteiger partial charge in [-0.15, -0.1) is 0 Å². The number of hydrogen-bond acceptors (Lipinski definition) is 4. The molecule has 0 bridgehead atoms. The monoisotopic (exact) mass is 374 g/mol. The summed E-state index contributed by atoms with van der Waals surface area (Å²) in [5.41, 5.74) is 1.32. The van der Waals surface area contributed by atoms with Crippen LogP contribution in [0.5, 0.6) is 5.75 Å². The van der Waals surface area contributed by atoms with Crippen LogP contribution in [-0.2, 0) is 11.3 Å². The summed E-state index contributed by atoms with van der Waals surface area (Å²) in [6.45, 7) is 7.31. The van der Waals surface area contributed by atoms with Crippen molar-refractivity contribution in [1.29, 1.82) is 0 Å². The van der Waals surface area contributed by atoms with Crippen molar-refractivity contribution < 1.29 is 14.6 Å². The van der Waals surface area contributed by atoms with Gasteiger partial charge in [0.25, 0.3) is 5.91 Å². The largest absolute Gasteiger partial charge is 0.484 e. The summed E-state index contributed by atoms with van der Waals surface area (Å²) in [6.07, 6.45) is 6.71. The summed E-state index contributed by atoms with van der Waals surface area (Å²) in [7, 11) is 0. The second-order valence-electron chi connectivity index (χ2n) is 8.24. The minimum Gasteiger partial charge on any atom is -0.484 e. The maximum atomic E-state index is 12.1. The first-order valence-corrected chi connectivity index (χ1v) is 10.5. The number of likely N-dealkylation sites (tertiary alicyclic amines) is 2. The normalized spacial score (nSPS) is 23.6. The van der Waals surface area contributed by atoms with Crippen molar-refractivity contribution in [3.05, 3.63) is 29.8 Å². The maximum absolute atomic E-state index is 12.1. The van der Waals surface area contributed by atoms with Crippen LogP contribution in [-0.4, -0.2) is 60.2 Å². The van der Waals surface area contributed by atoms with Gasteiger partial charge in [0.15, 0.2) is 6.61 Å². The van der Waals surface area contributed by atoms with E-state index >= 15 is 0 Å². The highest BCUT2D eigenvalue weighted by Gasteiger charge is 2.33. The predicted octanol–water partition coefficient (Wildman–Crippen LogP) is 3.06. The molecule has 1 aromatic rings. The SMILES string of the molecule is CCCC1(CO)CCCN(Cc2ccc(OCC(=O)N3CCCC3)cc2)C1. The van der Waals surface area contributed by atoms with Crippen molar-refractivity contribution in [2.24, 2.45) is 5.41 Å². The number of piperidine rings is 1. The molecule has 0 saturated carbocycles. The molecular formula is C22H34N2O3. The quantitative estimate of drug-likeness (QED) is 0.760. The lowest BCUT2D eigenvalue weighted by Gasteiger charge is -2.42. The molecule has 2 aliphatic rings. The molecule has 150 valence electrons. The first kappa shape index (κ1) is 20.2. The summed E-state index contributed by atoms with van der Waals surface area (Å²) in [6, 6.07) is 8.10. The van der Waals surface area contributed by atoms with E-state index in [1.54, 1.807) is 0 Å². The van der Waals surface area contributed by atoms with E-state index in [-0.39, 0.29) is 24.5 Å². The topological polar surface area (TPSA) is 53.0 Å². The number of ether oxygens (including phenoxy) is 1. The first-order valence-electron chi connectivity index (χ1n) is 10.5. The molecule has 2 heterocycles. The number of benzene rings is 1. The number of hydrogen-bond donors (Lipinski definition) is 1. The summed E-state index contributed by atoms with van der Waals surface area (Å²) in [4.78, 5) is 16.4. The molecule has 3 rings (SSSR count). The number of amides is 1. The van der Waals surface area contributed by atoms with E-state index in [0.29, 0.717) is 0 Å². The van der Waals surface area contributed by atoms with Gasteiger partial charge in [-0.05, 0) is 56.3 Å². The maximum Gasteiger partial charge on any atom is 0.260 e. The van der Waals surface area contributed by atoms with Gasteiger partial charge in [-0.2, -0.15) is 0 Å². The zero-order chi connectivity index (χ0) is 19.1. The van der Waals surface area contributed by atoms with Gasteiger partial charge in [0.2, 0.25) is 0 Å². The van der Waals surface area contributed by atoms with Crippen LogP contribution in [0.2, 0.25) is 0 Å². The van der Waals surface area contributed by atoms with Crippen LogP contribution in [0.15, 0.2) is 24.3 Å². The Labute approximate surface area is 163 Å². The fourth-order valence-electron chi connectivity index (χ4n) is 4.54. The fourth-order valence-corrected chi connectivity index (χ4v) is 4.54. The van der Waals surface area contributed by atoms with Crippen molar-refractivity contribution in [3.8, 4) is 5.75 Å². The molecule has 1 N–H and O–H groups in total. The zero-order valence-electron chi connectivity index (χ0n) is 16.7. The van der Waals surface area contributed by atoms with Crippen LogP contribution in [0.4, 0.5) is 0 Å². The number of aliphatic hydroxyl groups excluding tert-OH is 1. The standard InChI is InChI=1S/C22H34N2O3/c1-2-10-22(18-25)11-5-12-23(17-22)15-19-6-8-20(9-7-19)27-16-21(26)24-13-3-4-14-24/h6-9,25H,2-5,10-18H2,1H3. The minimum atomic E-state index is 0.0754. The first-order chi connectivity index (χ1) is 13.1. The second kappa shape index (κ2) is 9.56. The Morgan fingerprint density at radius 2 is 1.89 bits per heavy atom. The van der Waals surface area contributed by atoms with E-state index in [0.717, 1.165) is 77.0 Å². The van der Waals surface area contributed by atoms with Crippen molar-refractivity contribution >= 4 is 5.91 Å². The molecule has 1 aromatic carbocycles. The molecule has 2 aliphatic heterocycles. The van der Waals surface area contributed by atoms with E-state index in [1.165, 1.54) is 5.56 Å². The van der Waals surface area contributed by atoms with E-state index < -0.39 is 0 Å². The molecule has 0 spiro atoms. The minimum absolute atomic E-state index is 0.0754. The number of aliphatic hydroxyl groups is 1. The van der Waals surface area contributed by atoms with Gasteiger partial charge in [-0.1, -0.05) is 25.5 Å². The third-order valence-corrected chi connectivity index (χ3v) is 6.01. The van der Waals surface area contributed by atoms with Gasteiger partial charge in [0, 0.05) is 38.2 Å². The van der Waals surface area contributed by atoms with Crippen LogP contribution in [0, 0.1) is 5.41 Å². The van der Waals surface area contributed by atoms with Crippen molar-refractivity contribution in [3.63, 3.8) is 0 Å². The lowest BCUT2D eigenvalue weighted by Crippen LogP contribution is -2.44. The number of carbonyl (C=O) groups is 1. The molecule has 27 heavy (non-hydrogen) atoms. The molecule has 5 nitrogen and oxygen atoms in total. The molecule has 2 saturated heterocycles. The Morgan fingerprint density at radius 1 is 1.15 bits per heavy atom. The van der Waals surface area contributed by atoms with E-state index in [4.69, 9.17) is 4.74 Å². The van der Waals surface area contributed by atoms with Gasteiger partial charge < -0.3 is 14.7 Å². The molecule has 5 heteroatoms. The van der Waals surface area contributed by atoms with Gasteiger partial charge in [-0.3, -0.25) is 9.69 Å². The van der Waals surface area contributed by atoms with Crippen molar-refractivity contribution in [2.75, 3.05) is 39.4 Å². The average molecular weight is 375 g/mol. The summed E-state index contributed by atoms with van der Waals surface area (Å²) >= 11 is 0. The van der Waals surface area contributed by atoms with Crippen LogP contribution in [0.25, 0.3) is 0 Å². The summed E-state index contributed by atoms with van der Waals surface area (Å²) < 4.78 is 5.67. The Kier molecular flexibility index (Phi) is 7.13. The van der Waals surface area contributed by atoms with Gasteiger partial charge >= 0.3 is 0 Å². The van der Waals surface area contributed by atoms with Crippen LogP contribution in [0.1, 0.15) is 51.0 Å². The average Bonchev–Trinajstić information content (AvgIpc) is 3.23. The van der Waals surface area contributed by atoms with Crippen LogP contribution in [0.3, 0.4) is 0 Å². The summed E-state index contributed by atoms with van der Waals surface area (Å²) in [5, 5.41) is 9.90. The highest BCUT2D eigenvalue weighted by Crippen LogP contribution is 2.34. The number of rotatable bonds is 8. The fraction of sp³-hybridized carbons (Fsp3) is 0.682. The predicted molar refractivity (Wildman–Crippen MR) is 107 cm³/mol. The third-order valence-electron chi connectivity index (χ3n) is 6.01. The van der Waals surface area contributed by atoms with E-state index in [9.17, 15) is 9.90 Å². The van der Waals surface area contributed by atoms with Crippen molar-refractivity contribution in [2.45, 2.75) is 52.0 Å². The molecule has 1 unspecified atom stereocenters. The highest BCUT2D eigenvalue weighted by molar-refractivity contribution is 5.78. The van der Waals surface area contributed by atoms with Gasteiger partial charge in [0.1, 0.15) is 5.75 Å². The third kappa shape index (κ3) is 5.45. The van der Waals surface area contributed by atoms with Gasteiger partial charge in [0.05, 0.1) is 0 Å². The number of carbonyl (C=O) groups excluding carboxylic acids is 1. The highest BCUT2D eigenvalue weighted by atomic mass is 16.5. The lowest BCUT2D eigenvalue weighted by molar-refractivity contribution is -0.132. The molecule has 0 aliphatic carbocycles. The Bertz CT molecular complexity index is 594. The van der Waals surface area contributed by atoms with Crippen LogP contribution < -0.4 is 4.74 Å². The molecule has 0 radical (unpaired) electrons. The molecule has 2 fully saturated rings. The zero-order valence-corrected chi connectivity index (χ0v) is 16.7. The molecule has 1 amide bonds. The van der Waals surface area contributed by atoms with E-state index in [1.807, 2.05) is 17.0 Å². The summed E-state index contributed by atoms with van der Waals surface area (Å²) in [5.74, 6) is 0.835. The Balaban J connectivity index is 1.49. The van der Waals surface area contributed by atoms with Gasteiger partial charge in [-0.25, -0.2) is 0 Å². The second-order valence-corrected chi connectivity index (χ2v) is 8.24. The molecule has 0 aromatic heterocycles. The molecular weight excluding hydrogens is 340 g/mol. The van der Waals surface area contributed by atoms with Crippen molar-refractivity contribution in [1.82, 2.24) is 9.80 Å².